The second-order valence-electron chi connectivity index (χ2n) is 11.8. The Morgan fingerprint density at radius 3 is 2.30 bits per heavy atom. The van der Waals surface area contributed by atoms with Gasteiger partial charge >= 0.3 is 0 Å². The molecule has 8 atom stereocenters. The largest absolute Gasteiger partial charge is 0.0654 e. The molecular formula is C27H48. The quantitative estimate of drug-likeness (QED) is 0.437. The lowest BCUT2D eigenvalue weighted by atomic mass is 9.47. The summed E-state index contributed by atoms with van der Waals surface area (Å²) < 4.78 is 0. The Morgan fingerprint density at radius 1 is 0.741 bits per heavy atom. The van der Waals surface area contributed by atoms with Gasteiger partial charge in [-0.15, -0.1) is 0 Å². The van der Waals surface area contributed by atoms with Crippen molar-refractivity contribution in [2.24, 2.45) is 46.3 Å². The third-order valence-corrected chi connectivity index (χ3v) is 10.8. The molecule has 0 saturated heterocycles. The summed E-state index contributed by atoms with van der Waals surface area (Å²) in [6.07, 6.45) is 23.0. The summed E-state index contributed by atoms with van der Waals surface area (Å²) >= 11 is 0. The van der Waals surface area contributed by atoms with E-state index in [1.54, 1.807) is 57.8 Å². The van der Waals surface area contributed by atoms with Crippen LogP contribution in [0.4, 0.5) is 0 Å². The standard InChI is InChI=1S/C27H48/c1-5-8-16-27(15-6-2)18-14-22-20(19-27)9-11-24-23(22)13-17-26(4)21(7-3)10-12-25(24)26/h20-25H,5-19H2,1-4H3/t20-,21+,22+,23-,24-,25+,26-,27+/m1/s1. The molecular weight excluding hydrogens is 324 g/mol. The Bertz CT molecular complexity index is 494. The smallest absolute Gasteiger partial charge is 0.0266 e. The molecule has 0 unspecified atom stereocenters. The van der Waals surface area contributed by atoms with Crippen molar-refractivity contribution in [3.8, 4) is 0 Å². The van der Waals surface area contributed by atoms with Gasteiger partial charge in [0.15, 0.2) is 0 Å². The molecule has 4 aliphatic rings. The summed E-state index contributed by atoms with van der Waals surface area (Å²) in [5.74, 6) is 6.55. The molecule has 4 saturated carbocycles. The monoisotopic (exact) mass is 372 g/mol. The molecule has 0 spiro atoms. The average molecular weight is 373 g/mol. The van der Waals surface area contributed by atoms with Crippen molar-refractivity contribution in [2.45, 2.75) is 124 Å². The first-order valence-electron chi connectivity index (χ1n) is 13.1. The minimum atomic E-state index is 0.713. The maximum atomic E-state index is 2.71. The fraction of sp³-hybridized carbons (Fsp3) is 1.00. The van der Waals surface area contributed by atoms with Crippen molar-refractivity contribution in [1.82, 2.24) is 0 Å². The molecule has 27 heavy (non-hydrogen) atoms. The fourth-order valence-electron chi connectivity index (χ4n) is 9.51. The van der Waals surface area contributed by atoms with E-state index < -0.39 is 0 Å². The second-order valence-corrected chi connectivity index (χ2v) is 11.8. The number of fused-ring (bicyclic) bond motifs is 5. The lowest BCUT2D eigenvalue weighted by Crippen LogP contribution is -2.49. The van der Waals surface area contributed by atoms with Crippen molar-refractivity contribution >= 4 is 0 Å². The lowest BCUT2D eigenvalue weighted by molar-refractivity contribution is -0.0829. The van der Waals surface area contributed by atoms with Crippen LogP contribution in [0.1, 0.15) is 124 Å². The molecule has 4 aliphatic carbocycles. The predicted octanol–water partition coefficient (Wildman–Crippen LogP) is 8.64. The molecule has 4 fully saturated rings. The van der Waals surface area contributed by atoms with E-state index >= 15 is 0 Å². The van der Waals surface area contributed by atoms with Crippen LogP contribution in [0.5, 0.6) is 0 Å². The summed E-state index contributed by atoms with van der Waals surface area (Å²) in [7, 11) is 0. The summed E-state index contributed by atoms with van der Waals surface area (Å²) in [6.45, 7) is 9.99. The highest BCUT2D eigenvalue weighted by Gasteiger charge is 2.57. The van der Waals surface area contributed by atoms with E-state index in [1.807, 2.05) is 0 Å². The molecule has 0 aromatic heterocycles. The molecule has 0 aromatic rings. The van der Waals surface area contributed by atoms with E-state index in [1.165, 1.54) is 38.5 Å². The lowest BCUT2D eigenvalue weighted by Gasteiger charge is -2.58. The van der Waals surface area contributed by atoms with Crippen LogP contribution in [0.25, 0.3) is 0 Å². The van der Waals surface area contributed by atoms with Gasteiger partial charge in [0.2, 0.25) is 0 Å². The number of hydrogen-bond acceptors (Lipinski definition) is 0. The minimum absolute atomic E-state index is 0.713. The Hall–Kier alpha value is 0. The van der Waals surface area contributed by atoms with Crippen molar-refractivity contribution < 1.29 is 0 Å². The summed E-state index contributed by atoms with van der Waals surface area (Å²) in [6, 6.07) is 0. The van der Waals surface area contributed by atoms with Gasteiger partial charge in [-0.25, -0.2) is 0 Å². The molecule has 156 valence electrons. The van der Waals surface area contributed by atoms with Crippen LogP contribution >= 0.6 is 0 Å². The van der Waals surface area contributed by atoms with Gasteiger partial charge in [-0.2, -0.15) is 0 Å². The van der Waals surface area contributed by atoms with Gasteiger partial charge in [0.1, 0.15) is 0 Å². The van der Waals surface area contributed by atoms with Gasteiger partial charge < -0.3 is 0 Å². The highest BCUT2D eigenvalue weighted by Crippen LogP contribution is 2.66. The zero-order valence-corrected chi connectivity index (χ0v) is 19.1. The van der Waals surface area contributed by atoms with Crippen LogP contribution < -0.4 is 0 Å². The molecule has 4 rings (SSSR count). The van der Waals surface area contributed by atoms with E-state index in [0.29, 0.717) is 5.41 Å². The fourth-order valence-corrected chi connectivity index (χ4v) is 9.51. The second kappa shape index (κ2) is 8.02. The number of hydrogen-bond donors (Lipinski definition) is 0. The Kier molecular flexibility index (Phi) is 6.03. The molecule has 0 heteroatoms. The third-order valence-electron chi connectivity index (χ3n) is 10.8. The van der Waals surface area contributed by atoms with Crippen LogP contribution in [0.15, 0.2) is 0 Å². The van der Waals surface area contributed by atoms with Crippen LogP contribution in [0.3, 0.4) is 0 Å². The zero-order valence-electron chi connectivity index (χ0n) is 19.1. The number of rotatable bonds is 6. The van der Waals surface area contributed by atoms with Crippen molar-refractivity contribution in [3.63, 3.8) is 0 Å². The Balaban J connectivity index is 1.47. The topological polar surface area (TPSA) is 0 Å². The van der Waals surface area contributed by atoms with Gasteiger partial charge in [0.05, 0.1) is 0 Å². The maximum Gasteiger partial charge on any atom is -0.0266 e. The SMILES string of the molecule is CCCC[C@@]1(CCC)CC[C@H]2[C@H](CC[C@@H]3[C@@H]2CC[C@]2(C)[C@@H](CC)CC[C@@H]32)C1. The molecule has 0 heterocycles. The van der Waals surface area contributed by atoms with E-state index in [4.69, 9.17) is 0 Å². The highest BCUT2D eigenvalue weighted by atomic mass is 14.6. The molecule has 0 radical (unpaired) electrons. The first-order valence-corrected chi connectivity index (χ1v) is 13.1. The normalized spacial score (nSPS) is 49.3. The number of unbranched alkanes of at least 4 members (excludes halogenated alkanes) is 1. The van der Waals surface area contributed by atoms with Gasteiger partial charge in [0, 0.05) is 0 Å². The Morgan fingerprint density at radius 2 is 1.56 bits per heavy atom. The van der Waals surface area contributed by atoms with E-state index in [0.717, 1.165) is 40.9 Å². The summed E-state index contributed by atoms with van der Waals surface area (Å²) in [5, 5.41) is 0. The molecule has 0 nitrogen and oxygen atoms in total. The Labute approximate surface area is 170 Å². The third kappa shape index (κ3) is 3.44. The van der Waals surface area contributed by atoms with Gasteiger partial charge in [-0.3, -0.25) is 0 Å². The van der Waals surface area contributed by atoms with Crippen LogP contribution in [0, 0.1) is 46.3 Å². The van der Waals surface area contributed by atoms with E-state index in [2.05, 4.69) is 27.7 Å². The van der Waals surface area contributed by atoms with E-state index in [9.17, 15) is 0 Å². The van der Waals surface area contributed by atoms with Crippen molar-refractivity contribution in [2.75, 3.05) is 0 Å². The molecule has 0 bridgehead atoms. The molecule has 0 N–H and O–H groups in total. The van der Waals surface area contributed by atoms with Gasteiger partial charge in [-0.05, 0) is 117 Å². The van der Waals surface area contributed by atoms with E-state index in [-0.39, 0.29) is 0 Å². The highest BCUT2D eigenvalue weighted by molar-refractivity contribution is 5.06. The van der Waals surface area contributed by atoms with Crippen LogP contribution in [0.2, 0.25) is 0 Å². The first-order chi connectivity index (χ1) is 13.1. The van der Waals surface area contributed by atoms with Crippen molar-refractivity contribution in [3.05, 3.63) is 0 Å². The molecule has 0 aromatic carbocycles. The summed E-state index contributed by atoms with van der Waals surface area (Å²) in [4.78, 5) is 0. The van der Waals surface area contributed by atoms with Crippen LogP contribution in [-0.4, -0.2) is 0 Å². The average Bonchev–Trinajstić information content (AvgIpc) is 3.02. The minimum Gasteiger partial charge on any atom is -0.0654 e. The molecule has 0 amide bonds. The van der Waals surface area contributed by atoms with Crippen molar-refractivity contribution in [1.29, 1.82) is 0 Å². The maximum absolute atomic E-state index is 2.71. The zero-order chi connectivity index (χ0) is 19.1. The molecule has 0 aliphatic heterocycles. The summed E-state index contributed by atoms with van der Waals surface area (Å²) in [5.41, 5.74) is 1.45. The van der Waals surface area contributed by atoms with Gasteiger partial charge in [0.25, 0.3) is 0 Å². The van der Waals surface area contributed by atoms with Gasteiger partial charge in [-0.1, -0.05) is 53.4 Å². The van der Waals surface area contributed by atoms with Crippen LogP contribution in [-0.2, 0) is 0 Å². The first kappa shape index (κ1) is 20.3. The predicted molar refractivity (Wildman–Crippen MR) is 118 cm³/mol.